The number of anilines is 3. The zero-order valence-corrected chi connectivity index (χ0v) is 47.5. The zero-order valence-electron chi connectivity index (χ0n) is 46.7. The summed E-state index contributed by atoms with van der Waals surface area (Å²) in [5.41, 5.74) is 10.6. The predicted octanol–water partition coefficient (Wildman–Crippen LogP) is 10.6. The number of hydrogen-bond acceptors (Lipinski definition) is 14. The number of rotatable bonds is 18. The van der Waals surface area contributed by atoms with Crippen LogP contribution in [0.2, 0.25) is 5.15 Å². The second-order valence-electron chi connectivity index (χ2n) is 20.1. The van der Waals surface area contributed by atoms with Crippen molar-refractivity contribution in [3.63, 3.8) is 0 Å². The fraction of sp³-hybridized carbons (Fsp3) is 0.387. The molecule has 0 saturated carbocycles. The van der Waals surface area contributed by atoms with E-state index in [1.165, 1.54) is 0 Å². The van der Waals surface area contributed by atoms with Gasteiger partial charge in [-0.1, -0.05) is 100.0 Å². The first-order valence-electron chi connectivity index (χ1n) is 27.8. The molecular formula is C62H77ClN12O4. The summed E-state index contributed by atoms with van der Waals surface area (Å²) >= 11 is 6.13. The van der Waals surface area contributed by atoms with Gasteiger partial charge in [0.15, 0.2) is 0 Å². The fourth-order valence-electron chi connectivity index (χ4n) is 10.2. The van der Waals surface area contributed by atoms with E-state index in [-0.39, 0.29) is 23.2 Å². The van der Waals surface area contributed by atoms with Crippen molar-refractivity contribution in [3.05, 3.63) is 160 Å². The van der Waals surface area contributed by atoms with Gasteiger partial charge in [-0.05, 0) is 146 Å². The number of aromatic nitrogens is 6. The number of likely N-dealkylation sites (tertiary alicyclic amines) is 2. The van der Waals surface area contributed by atoms with Crippen molar-refractivity contribution in [3.8, 4) is 33.8 Å². The molecule has 0 atom stereocenters. The van der Waals surface area contributed by atoms with E-state index in [0.717, 1.165) is 141 Å². The van der Waals surface area contributed by atoms with Gasteiger partial charge in [0.25, 0.3) is 11.1 Å². The smallest absolute Gasteiger partial charge is 0.259 e. The summed E-state index contributed by atoms with van der Waals surface area (Å²) in [6.07, 6.45) is 10.8. The first kappa shape index (κ1) is 58.0. The van der Waals surface area contributed by atoms with Crippen molar-refractivity contribution >= 4 is 50.9 Å². The highest BCUT2D eigenvalue weighted by atomic mass is 35.5. The molecule has 2 saturated heterocycles. The minimum atomic E-state index is 0.0461. The molecule has 0 aliphatic carbocycles. The minimum absolute atomic E-state index is 0.0461. The number of likely N-dealkylation sites (N-methyl/N-ethyl adjacent to an activating group) is 2. The van der Waals surface area contributed by atoms with E-state index in [4.69, 9.17) is 26.8 Å². The van der Waals surface area contributed by atoms with Crippen LogP contribution in [0, 0.1) is 0 Å². The molecule has 8 heterocycles. The molecule has 0 radical (unpaired) electrons. The van der Waals surface area contributed by atoms with Gasteiger partial charge >= 0.3 is 0 Å². The Kier molecular flexibility index (Phi) is 21.0. The number of fused-ring (bicyclic) bond motifs is 2. The highest BCUT2D eigenvalue weighted by Crippen LogP contribution is 2.31. The Labute approximate surface area is 469 Å². The van der Waals surface area contributed by atoms with E-state index in [9.17, 15) is 9.59 Å². The van der Waals surface area contributed by atoms with Crippen LogP contribution in [0.15, 0.2) is 144 Å². The molecule has 8 aromatic rings. The van der Waals surface area contributed by atoms with Gasteiger partial charge in [-0.2, -0.15) is 0 Å². The fourth-order valence-corrected chi connectivity index (χ4v) is 10.4. The number of nitrogens with one attached hydrogen (secondary N) is 1. The molecule has 0 spiro atoms. The topological polar surface area (TPSA) is 165 Å². The molecule has 2 fully saturated rings. The van der Waals surface area contributed by atoms with Crippen LogP contribution in [0.3, 0.4) is 0 Å². The number of benzene rings is 2. The number of nitrogen functional groups attached to an aromatic ring is 1. The third kappa shape index (κ3) is 15.5. The number of nitrogens with two attached hydrogens (primary N) is 1. The Balaban J connectivity index is 0.000000175. The predicted molar refractivity (Wildman–Crippen MR) is 322 cm³/mol. The van der Waals surface area contributed by atoms with Crippen LogP contribution >= 0.6 is 11.6 Å². The molecule has 416 valence electrons. The second-order valence-corrected chi connectivity index (χ2v) is 20.5. The number of ether oxygens (including phenoxy) is 2. The van der Waals surface area contributed by atoms with Crippen LogP contribution in [-0.2, 0) is 0 Å². The van der Waals surface area contributed by atoms with Crippen molar-refractivity contribution in [1.82, 2.24) is 48.7 Å². The Hall–Kier alpha value is -7.21. The lowest BCUT2D eigenvalue weighted by atomic mass is 10.0. The first-order valence-corrected chi connectivity index (χ1v) is 28.2. The number of pyridine rings is 6. The lowest BCUT2D eigenvalue weighted by Crippen LogP contribution is -2.36. The quantitative estimate of drug-likeness (QED) is 0.0780. The average molecular weight is 1090 g/mol. The molecule has 2 aliphatic rings. The van der Waals surface area contributed by atoms with Gasteiger partial charge in [0, 0.05) is 65.5 Å². The van der Waals surface area contributed by atoms with Crippen LogP contribution in [0.4, 0.5) is 17.5 Å². The lowest BCUT2D eigenvalue weighted by molar-refractivity contribution is 0.222. The molecule has 6 aromatic heterocycles. The standard InChI is InChI=1S/C31H38N6O2.C20H20ClN3O.C11H19N3O/c1-4-36(5-2)17-18-39-26-11-12-29(33-22-26)34-30-20-28-24(21-32-30)19-27(23-9-7-6-8-10-23)31(38)37(28)25-13-15-35(3)16-14-25;1-23-9-7-16(8-10-23)24-18-12-19(21)22-13-15(18)11-17(20(24)25)14-5-3-2-4-6-14;1-3-14(4-2)7-8-15-10-5-6-11(12)13-9-10/h6-12,19-22,25H,4-5,13-18H2,1-3H3,(H,32,33,34);2-6,11-13,16H,7-10H2,1H3;5-6,9H,3-4,7-8H2,1-2H3,(H2,12,13). The van der Waals surface area contributed by atoms with Gasteiger partial charge in [-0.15, -0.1) is 0 Å². The second kappa shape index (κ2) is 28.6. The first-order chi connectivity index (χ1) is 38.4. The van der Waals surface area contributed by atoms with Crippen molar-refractivity contribution in [2.75, 3.05) is 104 Å². The summed E-state index contributed by atoms with van der Waals surface area (Å²) in [4.78, 5) is 53.9. The number of halogens is 1. The lowest BCUT2D eigenvalue weighted by Gasteiger charge is -2.31. The normalized spacial score (nSPS) is 14.4. The van der Waals surface area contributed by atoms with Crippen molar-refractivity contribution < 1.29 is 9.47 Å². The Morgan fingerprint density at radius 2 is 1.00 bits per heavy atom. The number of piperidine rings is 2. The van der Waals surface area contributed by atoms with Crippen LogP contribution in [0.25, 0.3) is 44.1 Å². The van der Waals surface area contributed by atoms with E-state index < -0.39 is 0 Å². The zero-order chi connectivity index (χ0) is 55.7. The molecule has 3 N–H and O–H groups in total. The summed E-state index contributed by atoms with van der Waals surface area (Å²) in [6.45, 7) is 19.8. The molecule has 0 bridgehead atoms. The van der Waals surface area contributed by atoms with Gasteiger partial charge in [0.05, 0.1) is 23.4 Å². The Bertz CT molecular complexity index is 3290. The maximum atomic E-state index is 13.9. The van der Waals surface area contributed by atoms with Crippen molar-refractivity contribution in [2.45, 2.75) is 65.5 Å². The molecule has 17 heteroatoms. The summed E-state index contributed by atoms with van der Waals surface area (Å²) in [5.74, 6) is 3.36. The van der Waals surface area contributed by atoms with Crippen molar-refractivity contribution in [1.29, 1.82) is 0 Å². The van der Waals surface area contributed by atoms with E-state index in [0.29, 0.717) is 41.4 Å². The number of nitrogens with zero attached hydrogens (tertiary/aromatic N) is 10. The van der Waals surface area contributed by atoms with Gasteiger partial charge in [0.2, 0.25) is 0 Å². The van der Waals surface area contributed by atoms with Crippen LogP contribution in [0.5, 0.6) is 11.5 Å². The summed E-state index contributed by atoms with van der Waals surface area (Å²) < 4.78 is 15.3. The molecule has 2 aromatic carbocycles. The monoisotopic (exact) mass is 1090 g/mol. The largest absolute Gasteiger partial charge is 0.491 e. The van der Waals surface area contributed by atoms with Gasteiger partial charge in [0.1, 0.15) is 47.3 Å². The minimum Gasteiger partial charge on any atom is -0.491 e. The molecule has 79 heavy (non-hydrogen) atoms. The van der Waals surface area contributed by atoms with Crippen LogP contribution in [0.1, 0.15) is 65.5 Å². The molecule has 0 unspecified atom stereocenters. The summed E-state index contributed by atoms with van der Waals surface area (Å²) in [6, 6.07) is 35.1. The van der Waals surface area contributed by atoms with Crippen molar-refractivity contribution in [2.24, 2.45) is 0 Å². The van der Waals surface area contributed by atoms with Gasteiger partial charge in [-0.25, -0.2) is 19.9 Å². The van der Waals surface area contributed by atoms with Gasteiger partial charge in [-0.3, -0.25) is 9.59 Å². The number of hydrogen-bond donors (Lipinski definition) is 2. The third-order valence-corrected chi connectivity index (χ3v) is 15.2. The molecule has 0 amide bonds. The van der Waals surface area contributed by atoms with E-state index in [2.05, 4.69) is 86.6 Å². The molecule has 16 nitrogen and oxygen atoms in total. The SMILES string of the molecule is CCN(CC)CCOc1ccc(N)nc1.CCN(CC)CCOc1ccc(Nc2cc3c(cn2)cc(-c2ccccc2)c(=O)n3C2CCN(C)CC2)nc1.CN1CCC(n2c(=O)c(-c3ccccc3)cc3cnc(Cl)cc32)CC1. The highest BCUT2D eigenvalue weighted by Gasteiger charge is 2.25. The highest BCUT2D eigenvalue weighted by molar-refractivity contribution is 6.30. The average Bonchev–Trinajstić information content (AvgIpc) is 3.58. The van der Waals surface area contributed by atoms with Crippen LogP contribution in [-0.4, -0.2) is 141 Å². The Morgan fingerprint density at radius 3 is 1.44 bits per heavy atom. The molecule has 2 aliphatic heterocycles. The van der Waals surface area contributed by atoms with Crippen LogP contribution < -0.4 is 31.6 Å². The summed E-state index contributed by atoms with van der Waals surface area (Å²) in [7, 11) is 4.26. The van der Waals surface area contributed by atoms with Gasteiger partial charge < -0.3 is 49.3 Å². The van der Waals surface area contributed by atoms with E-state index in [1.807, 2.05) is 118 Å². The third-order valence-electron chi connectivity index (χ3n) is 15.0. The summed E-state index contributed by atoms with van der Waals surface area (Å²) in [5, 5.41) is 5.62. The maximum absolute atomic E-state index is 13.9. The molecule has 10 rings (SSSR count). The van der Waals surface area contributed by atoms with E-state index in [1.54, 1.807) is 24.7 Å². The molecular weight excluding hydrogens is 1010 g/mol. The van der Waals surface area contributed by atoms with E-state index >= 15 is 0 Å². The maximum Gasteiger partial charge on any atom is 0.259 e. The Morgan fingerprint density at radius 1 is 0.557 bits per heavy atom.